The average Bonchev–Trinajstić information content (AvgIpc) is 3.01. The Hall–Kier alpha value is -1.41. The van der Waals surface area contributed by atoms with Gasteiger partial charge >= 0.3 is 0 Å². The van der Waals surface area contributed by atoms with Crippen LogP contribution < -0.4 is 0 Å². The summed E-state index contributed by atoms with van der Waals surface area (Å²) in [5.74, 6) is 0.949. The van der Waals surface area contributed by atoms with Crippen molar-refractivity contribution in [3.63, 3.8) is 0 Å². The van der Waals surface area contributed by atoms with Crippen molar-refractivity contribution < 1.29 is 4.39 Å². The number of rotatable bonds is 2. The van der Waals surface area contributed by atoms with Crippen LogP contribution in [0, 0.1) is 5.82 Å². The van der Waals surface area contributed by atoms with Gasteiger partial charge in [-0.25, -0.2) is 4.39 Å². The summed E-state index contributed by atoms with van der Waals surface area (Å²) in [5.41, 5.74) is 2.46. The van der Waals surface area contributed by atoms with Gasteiger partial charge < -0.3 is 0 Å². The first kappa shape index (κ1) is 18.4. The molecule has 4 nitrogen and oxygen atoms in total. The van der Waals surface area contributed by atoms with E-state index in [2.05, 4.69) is 15.3 Å². The lowest BCUT2D eigenvalue weighted by atomic mass is 10.1. The molecule has 1 aliphatic rings. The van der Waals surface area contributed by atoms with E-state index in [0.29, 0.717) is 26.8 Å². The third-order valence-corrected chi connectivity index (χ3v) is 5.20. The van der Waals surface area contributed by atoms with Gasteiger partial charge in [-0.2, -0.15) is 9.78 Å². The van der Waals surface area contributed by atoms with Gasteiger partial charge in [0.2, 0.25) is 5.16 Å². The first-order chi connectivity index (χ1) is 11.6. The minimum absolute atomic E-state index is 0. The Balaban J connectivity index is 0.00000182. The Morgan fingerprint density at radius 3 is 2.40 bits per heavy atom. The van der Waals surface area contributed by atoms with Crippen molar-refractivity contribution in [3.8, 4) is 11.4 Å². The van der Waals surface area contributed by atoms with E-state index in [1.165, 1.54) is 23.9 Å². The summed E-state index contributed by atoms with van der Waals surface area (Å²) < 4.78 is 14.8. The molecule has 0 radical (unpaired) electrons. The fourth-order valence-electron chi connectivity index (χ4n) is 2.33. The van der Waals surface area contributed by atoms with Crippen LogP contribution in [0.25, 0.3) is 11.4 Å². The van der Waals surface area contributed by atoms with E-state index in [4.69, 9.17) is 23.2 Å². The first-order valence-electron chi connectivity index (χ1n) is 6.99. The maximum Gasteiger partial charge on any atom is 0.212 e. The molecular formula is C16H10BrCl2FN4S. The van der Waals surface area contributed by atoms with Crippen LogP contribution in [0.3, 0.4) is 0 Å². The molecule has 1 aliphatic heterocycles. The first-order valence-corrected chi connectivity index (χ1v) is 8.73. The molecule has 0 spiro atoms. The molecule has 4 rings (SSSR count). The van der Waals surface area contributed by atoms with Crippen LogP contribution in [-0.2, 0) is 0 Å². The highest BCUT2D eigenvalue weighted by Crippen LogP contribution is 2.31. The van der Waals surface area contributed by atoms with Crippen molar-refractivity contribution in [3.05, 3.63) is 63.9 Å². The summed E-state index contributed by atoms with van der Waals surface area (Å²) in [6.07, 6.45) is 0. The number of aromatic nitrogens is 3. The van der Waals surface area contributed by atoms with Gasteiger partial charge in [-0.1, -0.05) is 47.1 Å². The molecule has 0 saturated carbocycles. The fraction of sp³-hybridized carbons (Fsp3) is 0.0625. The average molecular weight is 460 g/mol. The molecule has 0 atom stereocenters. The highest BCUT2D eigenvalue weighted by atomic mass is 79.9. The third-order valence-electron chi connectivity index (χ3n) is 3.53. The second-order valence-electron chi connectivity index (χ2n) is 5.09. The van der Waals surface area contributed by atoms with E-state index in [1.807, 2.05) is 6.07 Å². The van der Waals surface area contributed by atoms with E-state index in [0.717, 1.165) is 16.8 Å². The second kappa shape index (κ2) is 7.45. The lowest BCUT2D eigenvalue weighted by Crippen LogP contribution is -2.13. The van der Waals surface area contributed by atoms with E-state index >= 15 is 0 Å². The molecule has 0 fully saturated rings. The second-order valence-corrected chi connectivity index (χ2v) is 6.85. The number of hydrogen-bond acceptors (Lipinski definition) is 4. The standard InChI is InChI=1S/C16H9Cl2FN4S.BrH/c17-12-6-3-10(7-13(12)18)15-20-21-16-23(15)22-14(8-24-16)9-1-4-11(19)5-2-9;/h1-7H,8H2;1H. The van der Waals surface area contributed by atoms with Crippen LogP contribution in [0.1, 0.15) is 5.56 Å². The van der Waals surface area contributed by atoms with Crippen LogP contribution in [0.4, 0.5) is 4.39 Å². The van der Waals surface area contributed by atoms with Gasteiger partial charge in [0.05, 0.1) is 15.8 Å². The molecule has 0 aliphatic carbocycles. The third kappa shape index (κ3) is 3.60. The lowest BCUT2D eigenvalue weighted by Gasteiger charge is -2.14. The molecule has 128 valence electrons. The molecule has 2 aromatic carbocycles. The normalized spacial score (nSPS) is 13.0. The van der Waals surface area contributed by atoms with Gasteiger partial charge in [0.15, 0.2) is 5.82 Å². The minimum atomic E-state index is -0.274. The Morgan fingerprint density at radius 2 is 1.68 bits per heavy atom. The number of fused-ring (bicyclic) bond motifs is 1. The van der Waals surface area contributed by atoms with Crippen molar-refractivity contribution >= 4 is 57.7 Å². The number of hydrogen-bond donors (Lipinski definition) is 0. The largest absolute Gasteiger partial charge is 0.212 e. The Labute approximate surface area is 167 Å². The Morgan fingerprint density at radius 1 is 0.960 bits per heavy atom. The molecule has 0 N–H and O–H groups in total. The van der Waals surface area contributed by atoms with Crippen molar-refractivity contribution in [2.24, 2.45) is 5.10 Å². The van der Waals surface area contributed by atoms with E-state index < -0.39 is 0 Å². The maximum absolute atomic E-state index is 13.1. The van der Waals surface area contributed by atoms with Crippen LogP contribution in [0.2, 0.25) is 10.0 Å². The smallest absolute Gasteiger partial charge is 0.207 e. The number of benzene rings is 2. The SMILES string of the molecule is Br.Fc1ccc(C2=Nn3c(nnc3-c3ccc(Cl)c(Cl)c3)SC2)cc1. The zero-order valence-electron chi connectivity index (χ0n) is 12.5. The summed E-state index contributed by atoms with van der Waals surface area (Å²) in [7, 11) is 0. The van der Waals surface area contributed by atoms with Gasteiger partial charge in [0.25, 0.3) is 0 Å². The summed E-state index contributed by atoms with van der Waals surface area (Å²) in [6.45, 7) is 0. The molecule has 25 heavy (non-hydrogen) atoms. The van der Waals surface area contributed by atoms with Crippen LogP contribution in [-0.4, -0.2) is 26.3 Å². The maximum atomic E-state index is 13.1. The molecule has 0 amide bonds. The number of nitrogens with zero attached hydrogens (tertiary/aromatic N) is 4. The molecule has 0 unspecified atom stereocenters. The van der Waals surface area contributed by atoms with E-state index in [9.17, 15) is 4.39 Å². The van der Waals surface area contributed by atoms with Gasteiger partial charge in [-0.3, -0.25) is 0 Å². The summed E-state index contributed by atoms with van der Waals surface area (Å²) >= 11 is 13.6. The quantitative estimate of drug-likeness (QED) is 0.520. The Kier molecular flexibility index (Phi) is 5.48. The number of thioether (sulfide) groups is 1. The highest BCUT2D eigenvalue weighted by Gasteiger charge is 2.21. The molecule has 3 aromatic rings. The predicted molar refractivity (Wildman–Crippen MR) is 105 cm³/mol. The van der Waals surface area contributed by atoms with Crippen molar-refractivity contribution in [1.82, 2.24) is 14.9 Å². The van der Waals surface area contributed by atoms with Crippen molar-refractivity contribution in [2.45, 2.75) is 5.16 Å². The van der Waals surface area contributed by atoms with E-state index in [1.54, 1.807) is 28.9 Å². The topological polar surface area (TPSA) is 43.1 Å². The van der Waals surface area contributed by atoms with Crippen LogP contribution >= 0.6 is 51.9 Å². The monoisotopic (exact) mass is 458 g/mol. The fourth-order valence-corrected chi connectivity index (χ4v) is 3.46. The van der Waals surface area contributed by atoms with Crippen molar-refractivity contribution in [1.29, 1.82) is 0 Å². The molecule has 9 heteroatoms. The zero-order valence-corrected chi connectivity index (χ0v) is 16.5. The summed E-state index contributed by atoms with van der Waals surface area (Å²) in [4.78, 5) is 0. The van der Waals surface area contributed by atoms with Gasteiger partial charge in [0.1, 0.15) is 5.82 Å². The van der Waals surface area contributed by atoms with Crippen LogP contribution in [0.15, 0.2) is 52.7 Å². The van der Waals surface area contributed by atoms with Gasteiger partial charge in [-0.05, 0) is 35.9 Å². The summed E-state index contributed by atoms with van der Waals surface area (Å²) in [5, 5.41) is 14.6. The molecule has 2 heterocycles. The molecule has 0 saturated heterocycles. The van der Waals surface area contributed by atoms with Gasteiger partial charge in [0, 0.05) is 11.3 Å². The molecular weight excluding hydrogens is 450 g/mol. The molecule has 0 bridgehead atoms. The van der Waals surface area contributed by atoms with Crippen molar-refractivity contribution in [2.75, 3.05) is 5.75 Å². The van der Waals surface area contributed by atoms with Gasteiger partial charge in [-0.15, -0.1) is 27.2 Å². The van der Waals surface area contributed by atoms with E-state index in [-0.39, 0.29) is 22.8 Å². The summed E-state index contributed by atoms with van der Waals surface area (Å²) in [6, 6.07) is 11.5. The number of halogens is 4. The van der Waals surface area contributed by atoms with Crippen LogP contribution in [0.5, 0.6) is 0 Å². The lowest BCUT2D eigenvalue weighted by molar-refractivity contribution is 0.627. The predicted octanol–water partition coefficient (Wildman–Crippen LogP) is 5.33. The zero-order chi connectivity index (χ0) is 16.7. The Bertz CT molecular complexity index is 959. The highest BCUT2D eigenvalue weighted by molar-refractivity contribution is 8.93. The minimum Gasteiger partial charge on any atom is -0.207 e. The molecule has 1 aromatic heterocycles.